The van der Waals surface area contributed by atoms with Crippen molar-refractivity contribution < 1.29 is 0 Å². The van der Waals surface area contributed by atoms with Crippen LogP contribution >= 0.6 is 0 Å². The number of rotatable bonds is 19. The van der Waals surface area contributed by atoms with Gasteiger partial charge in [-0.05, 0) is 110 Å². The third-order valence-electron chi connectivity index (χ3n) is 8.70. The number of allylic oxidation sites excluding steroid dienone is 19. The first-order chi connectivity index (χ1) is 26.8. The van der Waals surface area contributed by atoms with Crippen molar-refractivity contribution in [1.29, 1.82) is 0 Å². The van der Waals surface area contributed by atoms with Crippen LogP contribution in [0.2, 0.25) is 0 Å². The van der Waals surface area contributed by atoms with E-state index in [1.807, 2.05) is 81.5 Å². The molecule has 1 aromatic carbocycles. The average Bonchev–Trinajstić information content (AvgIpc) is 3.20. The molecule has 0 spiro atoms. The molecule has 1 aliphatic rings. The van der Waals surface area contributed by atoms with E-state index in [9.17, 15) is 0 Å². The minimum atomic E-state index is 0.206. The SMILES string of the molecule is C#C.C=C/C=C\CN(C(/C=C\C=C)=C(/C)CCC)C1/C=C/C=C(c2ccc(N(C)/C(C=C=C/C=C\C)=C\C(=C)/C=C\C=C/CC)cc2CC)\C(C)=C/C1.CC. The topological polar surface area (TPSA) is 6.48 Å². The van der Waals surface area contributed by atoms with Gasteiger partial charge in [-0.15, -0.1) is 18.6 Å². The number of anilines is 1. The van der Waals surface area contributed by atoms with Crippen LogP contribution in [0.15, 0.2) is 187 Å². The summed E-state index contributed by atoms with van der Waals surface area (Å²) in [6, 6.07) is 7.03. The van der Waals surface area contributed by atoms with Crippen LogP contribution in [0.3, 0.4) is 0 Å². The highest BCUT2D eigenvalue weighted by molar-refractivity contribution is 5.82. The lowest BCUT2D eigenvalue weighted by Gasteiger charge is -2.34. The zero-order valence-electron chi connectivity index (χ0n) is 35.7. The van der Waals surface area contributed by atoms with Crippen LogP contribution < -0.4 is 4.90 Å². The number of hydrogen-bond donors (Lipinski definition) is 0. The summed E-state index contributed by atoms with van der Waals surface area (Å²) in [6.07, 6.45) is 52.8. The molecule has 0 aliphatic heterocycles. The lowest BCUT2D eigenvalue weighted by atomic mass is 9.90. The van der Waals surface area contributed by atoms with Gasteiger partial charge in [0.05, 0.1) is 6.04 Å². The van der Waals surface area contributed by atoms with Gasteiger partial charge >= 0.3 is 0 Å². The Morgan fingerprint density at radius 2 is 1.71 bits per heavy atom. The van der Waals surface area contributed by atoms with Gasteiger partial charge in [-0.2, -0.15) is 0 Å². The van der Waals surface area contributed by atoms with Crippen LogP contribution in [-0.2, 0) is 6.42 Å². The summed E-state index contributed by atoms with van der Waals surface area (Å²) >= 11 is 0. The zero-order valence-corrected chi connectivity index (χ0v) is 35.7. The number of hydrogen-bond acceptors (Lipinski definition) is 2. The summed E-state index contributed by atoms with van der Waals surface area (Å²) in [7, 11) is 2.11. The number of likely N-dealkylation sites (N-methyl/N-ethyl adjacent to an activating group) is 1. The van der Waals surface area contributed by atoms with Gasteiger partial charge in [-0.25, -0.2) is 0 Å². The predicted molar refractivity (Wildman–Crippen MR) is 251 cm³/mol. The van der Waals surface area contributed by atoms with E-state index in [4.69, 9.17) is 0 Å². The van der Waals surface area contributed by atoms with Crippen molar-refractivity contribution in [2.45, 2.75) is 93.5 Å². The summed E-state index contributed by atoms with van der Waals surface area (Å²) < 4.78 is 0. The van der Waals surface area contributed by atoms with Gasteiger partial charge in [-0.1, -0.05) is 158 Å². The molecule has 0 aromatic heterocycles. The molecule has 0 saturated carbocycles. The van der Waals surface area contributed by atoms with E-state index in [2.05, 4.69) is 163 Å². The molecular weight excluding hydrogens is 665 g/mol. The fourth-order valence-electron chi connectivity index (χ4n) is 5.90. The average molecular weight is 735 g/mol. The second-order valence-corrected chi connectivity index (χ2v) is 12.6. The lowest BCUT2D eigenvalue weighted by molar-refractivity contribution is 0.327. The van der Waals surface area contributed by atoms with Crippen LogP contribution in [0.1, 0.15) is 92.2 Å². The molecule has 55 heavy (non-hydrogen) atoms. The molecule has 292 valence electrons. The predicted octanol–water partition coefficient (Wildman–Crippen LogP) is 14.7. The van der Waals surface area contributed by atoms with Gasteiger partial charge in [0, 0.05) is 36.7 Å². The third-order valence-corrected chi connectivity index (χ3v) is 8.70. The Kier molecular flexibility index (Phi) is 27.8. The Bertz CT molecular complexity index is 1740. The first-order valence-electron chi connectivity index (χ1n) is 19.8. The van der Waals surface area contributed by atoms with Gasteiger partial charge in [0.1, 0.15) is 0 Å². The maximum Gasteiger partial charge on any atom is 0.0514 e. The summed E-state index contributed by atoms with van der Waals surface area (Å²) in [5.41, 5.74) is 14.2. The highest BCUT2D eigenvalue weighted by Gasteiger charge is 2.20. The molecule has 0 radical (unpaired) electrons. The largest absolute Gasteiger partial charge is 0.361 e. The number of aryl methyl sites for hydroxylation is 1. The van der Waals surface area contributed by atoms with E-state index in [0.717, 1.165) is 55.6 Å². The number of nitrogens with zero attached hydrogens (tertiary/aromatic N) is 2. The highest BCUT2D eigenvalue weighted by atomic mass is 15.2. The molecule has 1 atom stereocenters. The van der Waals surface area contributed by atoms with Crippen molar-refractivity contribution in [2.24, 2.45) is 0 Å². The molecule has 1 aliphatic carbocycles. The molecule has 1 aromatic rings. The molecule has 0 fully saturated rings. The van der Waals surface area contributed by atoms with Gasteiger partial charge in [-0.3, -0.25) is 0 Å². The zero-order chi connectivity index (χ0) is 41.4. The third kappa shape index (κ3) is 17.9. The van der Waals surface area contributed by atoms with Crippen molar-refractivity contribution in [2.75, 3.05) is 18.5 Å². The molecular formula is C53H70N2. The standard InChI is InChI=1S/C49H62N2.C2H6.C2H2/c1-11-17-21-23-28-40(7)38-45(29-24-22-18-12-2)50(10)46-35-36-48(43(16-6)39-46)47-31-26-30-44(34-33-41(47)8)51(37-25-19-13-3)49(32-20-14-4)42(9)27-15-5;2*1-2/h12-14,17-23,25-26,28-33,35-36,38-39,44H,3-4,7,11,15-16,27,34,37H2,1-2,5-6,8-10H3;1-2H3;1-2H/b18-12-,21-17-,25-19-,28-23-,30-26+,32-20-,41-33-,45-38-,47-31+,49-42-;;. The van der Waals surface area contributed by atoms with Crippen LogP contribution in [-0.4, -0.2) is 24.5 Å². The van der Waals surface area contributed by atoms with Crippen LogP contribution in [0, 0.1) is 12.8 Å². The molecule has 0 amide bonds. The molecule has 2 heteroatoms. The Labute approximate surface area is 338 Å². The van der Waals surface area contributed by atoms with E-state index < -0.39 is 0 Å². The minimum Gasteiger partial charge on any atom is -0.361 e. The van der Waals surface area contributed by atoms with Gasteiger partial charge < -0.3 is 9.80 Å². The molecule has 0 heterocycles. The van der Waals surface area contributed by atoms with E-state index in [0.29, 0.717) is 0 Å². The first-order valence-corrected chi connectivity index (χ1v) is 19.8. The molecule has 2 rings (SSSR count). The first kappa shape index (κ1) is 49.5. The summed E-state index contributed by atoms with van der Waals surface area (Å²) in [6.45, 7) is 30.0. The fraction of sp³-hybridized carbons (Fsp3) is 0.302. The quantitative estimate of drug-likeness (QED) is 0.0793. The molecule has 1 unspecified atom stereocenters. The highest BCUT2D eigenvalue weighted by Crippen LogP contribution is 2.33. The maximum absolute atomic E-state index is 4.28. The summed E-state index contributed by atoms with van der Waals surface area (Å²) in [4.78, 5) is 4.72. The lowest BCUT2D eigenvalue weighted by Crippen LogP contribution is -2.33. The van der Waals surface area contributed by atoms with Crippen LogP contribution in [0.25, 0.3) is 5.57 Å². The van der Waals surface area contributed by atoms with E-state index in [-0.39, 0.29) is 6.04 Å². The minimum absolute atomic E-state index is 0.206. The van der Waals surface area contributed by atoms with Crippen molar-refractivity contribution in [3.05, 3.63) is 198 Å². The van der Waals surface area contributed by atoms with Crippen LogP contribution in [0.4, 0.5) is 5.69 Å². The van der Waals surface area contributed by atoms with Crippen LogP contribution in [0.5, 0.6) is 0 Å². The number of benzene rings is 1. The maximum atomic E-state index is 4.28. The Morgan fingerprint density at radius 1 is 0.982 bits per heavy atom. The van der Waals surface area contributed by atoms with Crippen molar-refractivity contribution in [1.82, 2.24) is 4.90 Å². The fourth-order valence-corrected chi connectivity index (χ4v) is 5.90. The molecule has 0 bridgehead atoms. The summed E-state index contributed by atoms with van der Waals surface area (Å²) in [5, 5.41) is 0. The van der Waals surface area contributed by atoms with E-state index >= 15 is 0 Å². The monoisotopic (exact) mass is 735 g/mol. The second-order valence-electron chi connectivity index (χ2n) is 12.6. The van der Waals surface area contributed by atoms with Gasteiger partial charge in [0.25, 0.3) is 0 Å². The van der Waals surface area contributed by atoms with Crippen molar-refractivity contribution >= 4 is 11.3 Å². The molecule has 0 saturated heterocycles. The summed E-state index contributed by atoms with van der Waals surface area (Å²) in [5.74, 6) is 0. The Balaban J connectivity index is 0.00000704. The van der Waals surface area contributed by atoms with Crippen molar-refractivity contribution in [3.63, 3.8) is 0 Å². The normalized spacial score (nSPS) is 17.3. The van der Waals surface area contributed by atoms with Crippen molar-refractivity contribution in [3.8, 4) is 12.8 Å². The van der Waals surface area contributed by atoms with Gasteiger partial charge in [0.15, 0.2) is 0 Å². The number of terminal acetylenes is 1. The Morgan fingerprint density at radius 3 is 2.35 bits per heavy atom. The Hall–Kier alpha value is -5.48. The van der Waals surface area contributed by atoms with Gasteiger partial charge in [0.2, 0.25) is 0 Å². The molecule has 0 N–H and O–H groups in total. The second kappa shape index (κ2) is 30.9. The smallest absolute Gasteiger partial charge is 0.0514 e. The molecule has 2 nitrogen and oxygen atoms in total. The van der Waals surface area contributed by atoms with E-state index in [1.54, 1.807) is 0 Å². The van der Waals surface area contributed by atoms with E-state index in [1.165, 1.54) is 33.5 Å².